The van der Waals surface area contributed by atoms with Gasteiger partial charge in [0.2, 0.25) is 0 Å². The minimum absolute atomic E-state index is 0.447. The van der Waals surface area contributed by atoms with Crippen LogP contribution in [0.3, 0.4) is 0 Å². The second-order valence-electron chi connectivity index (χ2n) is 27.4. The summed E-state index contributed by atoms with van der Waals surface area (Å²) in [6.07, 6.45) is 0. The van der Waals surface area contributed by atoms with E-state index in [0.29, 0.717) is 0 Å². The Labute approximate surface area is 568 Å². The summed E-state index contributed by atoms with van der Waals surface area (Å²) in [4.78, 5) is 0. The molecule has 18 aromatic carbocycles. The summed E-state index contributed by atoms with van der Waals surface area (Å²) in [5, 5.41) is 15.0. The zero-order valence-electron chi connectivity index (χ0n) is 53.5. The van der Waals surface area contributed by atoms with Crippen molar-refractivity contribution in [2.45, 2.75) is 10.8 Å². The molecule has 0 atom stereocenters. The van der Waals surface area contributed by atoms with Gasteiger partial charge in [-0.25, -0.2) is 0 Å². The topological polar surface area (TPSA) is 0 Å². The molecule has 0 saturated heterocycles. The molecule has 0 unspecified atom stereocenters. The lowest BCUT2D eigenvalue weighted by Crippen LogP contribution is -2.25. The minimum Gasteiger partial charge on any atom is -0.0619 e. The van der Waals surface area contributed by atoms with Crippen LogP contribution in [0.15, 0.2) is 352 Å². The molecule has 2 spiro atoms. The molecule has 98 heavy (non-hydrogen) atoms. The van der Waals surface area contributed by atoms with Crippen LogP contribution in [0.2, 0.25) is 0 Å². The van der Waals surface area contributed by atoms with Gasteiger partial charge in [-0.2, -0.15) is 0 Å². The first kappa shape index (κ1) is 53.8. The molecule has 0 heterocycles. The Morgan fingerprint density at radius 2 is 0.316 bits per heavy atom. The first-order valence-corrected chi connectivity index (χ1v) is 34.5. The van der Waals surface area contributed by atoms with Crippen LogP contribution in [0.1, 0.15) is 44.5 Å². The van der Waals surface area contributed by atoms with Crippen molar-refractivity contribution in [3.05, 3.63) is 396 Å². The standard InChI is InChI=1S/C98H58/c1-3-31-69-63(25-1)81(57-89-93(69)79-41-17-23-47-87(79)97(89)83-43-19-13-27-65(83)66-28-14-20-44-84(66)97)59-49-53-61(54-50-59)91-71-33-5-9-37-75(71)95(76-38-10-6-34-72(76)91)96-77-39-11-7-35-73(77)92(74-36-8-12-40-78(74)96)62-55-51-60(52-56-62)82-58-90-94(70-32-4-2-26-64(70)82)80-42-18-24-48-88(80)98(90)85-45-21-15-29-67(85)68-30-16-22-46-86(68)98/h1-58H. The van der Waals surface area contributed by atoms with E-state index in [9.17, 15) is 0 Å². The van der Waals surface area contributed by atoms with Gasteiger partial charge in [-0.15, -0.1) is 0 Å². The molecule has 0 nitrogen and oxygen atoms in total. The van der Waals surface area contributed by atoms with Gasteiger partial charge in [0.25, 0.3) is 0 Å². The Morgan fingerprint density at radius 3 is 0.592 bits per heavy atom. The summed E-state index contributed by atoms with van der Waals surface area (Å²) in [5.74, 6) is 0. The summed E-state index contributed by atoms with van der Waals surface area (Å²) in [6, 6.07) is 134. The van der Waals surface area contributed by atoms with Gasteiger partial charge < -0.3 is 0 Å². The van der Waals surface area contributed by atoms with Crippen LogP contribution >= 0.6 is 0 Å². The summed E-state index contributed by atoms with van der Waals surface area (Å²) in [6.45, 7) is 0. The number of hydrogen-bond acceptors (Lipinski definition) is 0. The van der Waals surface area contributed by atoms with Gasteiger partial charge in [0.05, 0.1) is 10.8 Å². The fourth-order valence-electron chi connectivity index (χ4n) is 19.4. The fraction of sp³-hybridized carbons (Fsp3) is 0.0204. The zero-order valence-corrected chi connectivity index (χ0v) is 53.5. The van der Waals surface area contributed by atoms with Crippen molar-refractivity contribution in [2.75, 3.05) is 0 Å². The van der Waals surface area contributed by atoms with E-state index in [2.05, 4.69) is 352 Å². The Bertz CT molecular complexity index is 5930. The lowest BCUT2D eigenvalue weighted by Gasteiger charge is -2.31. The average Bonchev–Trinajstić information content (AvgIpc) is 1.45. The number of rotatable bonds is 5. The minimum atomic E-state index is -0.447. The van der Waals surface area contributed by atoms with Crippen LogP contribution in [0.4, 0.5) is 0 Å². The monoisotopic (exact) mass is 1230 g/mol. The first-order chi connectivity index (χ1) is 48.7. The maximum absolute atomic E-state index is 2.55. The van der Waals surface area contributed by atoms with Crippen molar-refractivity contribution < 1.29 is 0 Å². The molecule has 0 saturated carbocycles. The van der Waals surface area contributed by atoms with Crippen molar-refractivity contribution >= 4 is 64.6 Å². The molecule has 22 rings (SSSR count). The third-order valence-corrected chi connectivity index (χ3v) is 23.1. The number of fused-ring (bicyclic) bond motifs is 28. The summed E-state index contributed by atoms with van der Waals surface area (Å²) >= 11 is 0. The van der Waals surface area contributed by atoms with Crippen molar-refractivity contribution in [3.63, 3.8) is 0 Å². The second-order valence-corrected chi connectivity index (χ2v) is 27.4. The van der Waals surface area contributed by atoms with Crippen molar-refractivity contribution in [1.29, 1.82) is 0 Å². The molecule has 4 aliphatic carbocycles. The van der Waals surface area contributed by atoms with E-state index in [1.807, 2.05) is 0 Å². The van der Waals surface area contributed by atoms with Crippen molar-refractivity contribution in [1.82, 2.24) is 0 Å². The summed E-state index contributed by atoms with van der Waals surface area (Å²) < 4.78 is 0. The smallest absolute Gasteiger partial charge is 0.0619 e. The SMILES string of the molecule is c1ccc2c(c1)-c1ccccc1C21c2ccccc2-c2c1cc(-c1ccc(-c3c4ccccc4c(-c4c5ccccc5c(-c5ccc(-c6cc7c(c8ccccc68)-c6ccccc6C76c7ccccc7-c7ccccc76)cc5)c5ccccc45)c4ccccc34)cc1)c1ccccc21. The highest BCUT2D eigenvalue weighted by Gasteiger charge is 2.54. The third-order valence-electron chi connectivity index (χ3n) is 23.1. The maximum atomic E-state index is 2.55. The van der Waals surface area contributed by atoms with Crippen LogP contribution in [0.5, 0.6) is 0 Å². The van der Waals surface area contributed by atoms with E-state index in [4.69, 9.17) is 0 Å². The number of hydrogen-bond donors (Lipinski definition) is 0. The van der Waals surface area contributed by atoms with Crippen LogP contribution in [-0.2, 0) is 10.8 Å². The molecular formula is C98H58. The Hall–Kier alpha value is -12.5. The third kappa shape index (κ3) is 6.88. The number of benzene rings is 18. The molecule has 0 N–H and O–H groups in total. The van der Waals surface area contributed by atoms with Crippen LogP contribution < -0.4 is 0 Å². The average molecular weight is 1240 g/mol. The van der Waals surface area contributed by atoms with E-state index >= 15 is 0 Å². The largest absolute Gasteiger partial charge is 0.0725 e. The molecule has 0 aromatic heterocycles. The summed E-state index contributed by atoms with van der Waals surface area (Å²) in [7, 11) is 0. The summed E-state index contributed by atoms with van der Waals surface area (Å²) in [5.41, 5.74) is 32.9. The molecule has 450 valence electrons. The van der Waals surface area contributed by atoms with E-state index in [1.54, 1.807) is 0 Å². The quantitative estimate of drug-likeness (QED) is 0.151. The molecule has 4 aliphatic rings. The van der Waals surface area contributed by atoms with E-state index in [-0.39, 0.29) is 0 Å². The van der Waals surface area contributed by atoms with Gasteiger partial charge in [0.1, 0.15) is 0 Å². The Morgan fingerprint density at radius 1 is 0.122 bits per heavy atom. The zero-order chi connectivity index (χ0) is 64.0. The first-order valence-electron chi connectivity index (χ1n) is 34.5. The van der Waals surface area contributed by atoms with E-state index in [0.717, 1.165) is 0 Å². The van der Waals surface area contributed by atoms with Gasteiger partial charge in [0.15, 0.2) is 0 Å². The maximum Gasteiger partial charge on any atom is 0.0725 e. The predicted octanol–water partition coefficient (Wildman–Crippen LogP) is 25.6. The molecule has 0 bridgehead atoms. The van der Waals surface area contributed by atoms with Crippen molar-refractivity contribution in [3.8, 4) is 100 Å². The Balaban J connectivity index is 0.694. The van der Waals surface area contributed by atoms with Gasteiger partial charge in [-0.05, 0) is 221 Å². The van der Waals surface area contributed by atoms with Crippen LogP contribution in [-0.4, -0.2) is 0 Å². The Kier molecular flexibility index (Phi) is 11.0. The molecule has 0 radical (unpaired) electrons. The van der Waals surface area contributed by atoms with Crippen LogP contribution in [0.25, 0.3) is 165 Å². The van der Waals surface area contributed by atoms with E-state index in [1.165, 1.54) is 209 Å². The molecule has 0 fully saturated rings. The van der Waals surface area contributed by atoms with Gasteiger partial charge in [0, 0.05) is 0 Å². The lowest BCUT2D eigenvalue weighted by molar-refractivity contribution is 0.794. The highest BCUT2D eigenvalue weighted by atomic mass is 14.5. The highest BCUT2D eigenvalue weighted by Crippen LogP contribution is 2.67. The lowest BCUT2D eigenvalue weighted by atomic mass is 9.70. The fourth-order valence-corrected chi connectivity index (χ4v) is 19.4. The normalized spacial score (nSPS) is 13.7. The molecule has 0 aliphatic heterocycles. The van der Waals surface area contributed by atoms with Gasteiger partial charge in [-0.1, -0.05) is 340 Å². The van der Waals surface area contributed by atoms with Gasteiger partial charge >= 0.3 is 0 Å². The molecular weight excluding hydrogens is 1180 g/mol. The molecule has 0 heteroatoms. The molecule has 0 amide bonds. The molecule has 18 aromatic rings. The van der Waals surface area contributed by atoms with Gasteiger partial charge in [-0.3, -0.25) is 0 Å². The van der Waals surface area contributed by atoms with E-state index < -0.39 is 10.8 Å². The van der Waals surface area contributed by atoms with Crippen molar-refractivity contribution in [2.24, 2.45) is 0 Å². The van der Waals surface area contributed by atoms with Crippen LogP contribution in [0, 0.1) is 0 Å². The second kappa shape index (κ2) is 20.0. The predicted molar refractivity (Wildman–Crippen MR) is 411 cm³/mol. The highest BCUT2D eigenvalue weighted by molar-refractivity contribution is 6.30.